The van der Waals surface area contributed by atoms with Crippen LogP contribution in [0, 0.1) is 0 Å². The molecule has 1 atom stereocenters. The Balaban J connectivity index is 1.35. The van der Waals surface area contributed by atoms with Crippen LogP contribution in [0.1, 0.15) is 41.6 Å². The van der Waals surface area contributed by atoms with Gasteiger partial charge in [0.05, 0.1) is 5.92 Å². The monoisotopic (exact) mass is 410 g/mol. The number of piperidine rings is 1. The molecule has 154 valence electrons. The zero-order valence-electron chi connectivity index (χ0n) is 17.0. The highest BCUT2D eigenvalue weighted by Gasteiger charge is 2.37. The quantitative estimate of drug-likeness (QED) is 0.492. The highest BCUT2D eigenvalue weighted by molar-refractivity contribution is 5.89. The number of benzene rings is 2. The van der Waals surface area contributed by atoms with E-state index in [1.807, 2.05) is 82.2 Å². The fourth-order valence-corrected chi connectivity index (χ4v) is 4.88. The molecule has 31 heavy (non-hydrogen) atoms. The fourth-order valence-electron chi connectivity index (χ4n) is 4.88. The number of carbonyl (C=O) groups is 1. The average Bonchev–Trinajstić information content (AvgIpc) is 3.26. The summed E-state index contributed by atoms with van der Waals surface area (Å²) in [5, 5.41) is 8.76. The van der Waals surface area contributed by atoms with Gasteiger partial charge in [-0.25, -0.2) is 0 Å². The number of rotatable bonds is 2. The van der Waals surface area contributed by atoms with Gasteiger partial charge in [-0.3, -0.25) is 9.20 Å². The van der Waals surface area contributed by atoms with Crippen molar-refractivity contribution in [2.24, 2.45) is 0 Å². The van der Waals surface area contributed by atoms with Crippen molar-refractivity contribution in [1.29, 1.82) is 0 Å². The van der Waals surface area contributed by atoms with Crippen molar-refractivity contribution in [3.05, 3.63) is 89.9 Å². The van der Waals surface area contributed by atoms with Gasteiger partial charge in [0, 0.05) is 36.3 Å². The van der Waals surface area contributed by atoms with Gasteiger partial charge in [-0.05, 0) is 37.1 Å². The van der Waals surface area contributed by atoms with E-state index in [4.69, 9.17) is 4.74 Å². The van der Waals surface area contributed by atoms with Gasteiger partial charge in [-0.1, -0.05) is 42.5 Å². The maximum atomic E-state index is 13.9. The number of amides is 1. The minimum atomic E-state index is -0.352. The molecule has 1 unspecified atom stereocenters. The number of hydrogen-bond acceptors (Lipinski definition) is 4. The van der Waals surface area contributed by atoms with Gasteiger partial charge in [-0.2, -0.15) is 0 Å². The Kier molecular flexibility index (Phi) is 4.23. The van der Waals surface area contributed by atoms with Crippen LogP contribution >= 0.6 is 0 Å². The van der Waals surface area contributed by atoms with Gasteiger partial charge < -0.3 is 9.64 Å². The molecule has 4 aromatic rings. The van der Waals surface area contributed by atoms with Crippen molar-refractivity contribution in [3.8, 4) is 11.5 Å². The van der Waals surface area contributed by atoms with E-state index in [-0.39, 0.29) is 17.7 Å². The van der Waals surface area contributed by atoms with Crippen LogP contribution < -0.4 is 4.74 Å². The first-order chi connectivity index (χ1) is 15.3. The Hall–Kier alpha value is -3.67. The first-order valence-electron chi connectivity index (χ1n) is 10.7. The van der Waals surface area contributed by atoms with Crippen molar-refractivity contribution in [2.45, 2.75) is 24.7 Å². The largest absolute Gasteiger partial charge is 0.457 e. The summed E-state index contributed by atoms with van der Waals surface area (Å²) in [5.74, 6) is 2.39. The summed E-state index contributed by atoms with van der Waals surface area (Å²) in [4.78, 5) is 15.9. The number of pyridine rings is 1. The molecule has 0 spiro atoms. The summed E-state index contributed by atoms with van der Waals surface area (Å²) in [6.45, 7) is 1.41. The van der Waals surface area contributed by atoms with Gasteiger partial charge in [0.15, 0.2) is 5.65 Å². The molecule has 0 bridgehead atoms. The molecule has 1 saturated heterocycles. The molecule has 6 rings (SSSR count). The molecule has 1 fully saturated rings. The van der Waals surface area contributed by atoms with Crippen LogP contribution in [-0.2, 0) is 4.79 Å². The van der Waals surface area contributed by atoms with E-state index in [0.717, 1.165) is 53.5 Å². The molecule has 2 aliphatic heterocycles. The minimum Gasteiger partial charge on any atom is -0.457 e. The molecule has 0 saturated carbocycles. The molecule has 1 amide bonds. The van der Waals surface area contributed by atoms with Crippen LogP contribution in [0.2, 0.25) is 0 Å². The minimum absolute atomic E-state index is 0.127. The highest BCUT2D eigenvalue weighted by atomic mass is 16.5. The van der Waals surface area contributed by atoms with Crippen LogP contribution in [0.15, 0.2) is 72.9 Å². The lowest BCUT2D eigenvalue weighted by Gasteiger charge is -2.36. The van der Waals surface area contributed by atoms with Crippen molar-refractivity contribution in [3.63, 3.8) is 0 Å². The van der Waals surface area contributed by atoms with Crippen LogP contribution in [0.25, 0.3) is 5.65 Å². The molecule has 0 radical (unpaired) electrons. The van der Waals surface area contributed by atoms with E-state index in [2.05, 4.69) is 10.2 Å². The SMILES string of the molecule is O=C(C1c2ccccc2Oc2ccccc21)N1CCCC(c2nnc3ccccn23)C1. The van der Waals surface area contributed by atoms with Crippen LogP contribution in [0.3, 0.4) is 0 Å². The van der Waals surface area contributed by atoms with E-state index < -0.39 is 0 Å². The second kappa shape index (κ2) is 7.23. The first-order valence-corrected chi connectivity index (χ1v) is 10.7. The lowest BCUT2D eigenvalue weighted by molar-refractivity contribution is -0.133. The molecule has 6 heteroatoms. The number of para-hydroxylation sites is 2. The maximum Gasteiger partial charge on any atom is 0.234 e. The summed E-state index contributed by atoms with van der Waals surface area (Å²) in [6.07, 6.45) is 3.95. The van der Waals surface area contributed by atoms with Crippen LogP contribution in [-0.4, -0.2) is 38.5 Å². The van der Waals surface area contributed by atoms with E-state index in [0.29, 0.717) is 6.54 Å². The number of fused-ring (bicyclic) bond motifs is 3. The summed E-state index contributed by atoms with van der Waals surface area (Å²) in [5.41, 5.74) is 2.70. The van der Waals surface area contributed by atoms with E-state index in [1.54, 1.807) is 0 Å². The molecule has 0 N–H and O–H groups in total. The number of carbonyl (C=O) groups excluding carboxylic acids is 1. The summed E-state index contributed by atoms with van der Waals surface area (Å²) >= 11 is 0. The fraction of sp³-hybridized carbons (Fsp3) is 0.240. The number of nitrogens with zero attached hydrogens (tertiary/aromatic N) is 4. The third-order valence-electron chi connectivity index (χ3n) is 6.37. The predicted octanol–water partition coefficient (Wildman–Crippen LogP) is 4.37. The van der Waals surface area contributed by atoms with Gasteiger partial charge in [0.25, 0.3) is 0 Å². The van der Waals surface area contributed by atoms with Gasteiger partial charge in [0.1, 0.15) is 17.3 Å². The Morgan fingerprint density at radius 1 is 0.903 bits per heavy atom. The summed E-state index contributed by atoms with van der Waals surface area (Å²) < 4.78 is 8.12. The molecule has 2 aromatic heterocycles. The van der Waals surface area contributed by atoms with E-state index in [9.17, 15) is 4.79 Å². The number of hydrogen-bond donors (Lipinski definition) is 0. The van der Waals surface area contributed by atoms with Gasteiger partial charge in [-0.15, -0.1) is 10.2 Å². The number of likely N-dealkylation sites (tertiary alicyclic amines) is 1. The summed E-state index contributed by atoms with van der Waals surface area (Å²) in [7, 11) is 0. The predicted molar refractivity (Wildman–Crippen MR) is 116 cm³/mol. The van der Waals surface area contributed by atoms with Gasteiger partial charge >= 0.3 is 0 Å². The van der Waals surface area contributed by atoms with Crippen molar-refractivity contribution >= 4 is 11.6 Å². The molecule has 2 aliphatic rings. The van der Waals surface area contributed by atoms with Crippen LogP contribution in [0.4, 0.5) is 0 Å². The second-order valence-corrected chi connectivity index (χ2v) is 8.22. The lowest BCUT2D eigenvalue weighted by atomic mass is 9.85. The molecule has 4 heterocycles. The third kappa shape index (κ3) is 2.98. The maximum absolute atomic E-state index is 13.9. The smallest absolute Gasteiger partial charge is 0.234 e. The molecule has 2 aromatic carbocycles. The van der Waals surface area contributed by atoms with Crippen LogP contribution in [0.5, 0.6) is 11.5 Å². The Labute approximate surface area is 180 Å². The number of ether oxygens (including phenoxy) is 1. The third-order valence-corrected chi connectivity index (χ3v) is 6.37. The van der Waals surface area contributed by atoms with E-state index >= 15 is 0 Å². The Bertz CT molecular complexity index is 1240. The zero-order chi connectivity index (χ0) is 20.8. The van der Waals surface area contributed by atoms with E-state index in [1.165, 1.54) is 0 Å². The standard InChI is InChI=1S/C25H22N4O2/c30-25(23-18-9-1-3-11-20(18)31-21-12-4-2-10-19(21)23)28-14-7-8-17(16-28)24-27-26-22-13-5-6-15-29(22)24/h1-6,9-13,15,17,23H,7-8,14,16H2. The van der Waals surface area contributed by atoms with Crippen molar-refractivity contribution in [2.75, 3.05) is 13.1 Å². The molecular formula is C25H22N4O2. The Morgan fingerprint density at radius 2 is 1.61 bits per heavy atom. The highest BCUT2D eigenvalue weighted by Crippen LogP contribution is 2.45. The molecule has 0 aliphatic carbocycles. The van der Waals surface area contributed by atoms with Crippen molar-refractivity contribution in [1.82, 2.24) is 19.5 Å². The topological polar surface area (TPSA) is 59.7 Å². The first kappa shape index (κ1) is 18.1. The normalized spacial score (nSPS) is 18.3. The second-order valence-electron chi connectivity index (χ2n) is 8.22. The number of aromatic nitrogens is 3. The van der Waals surface area contributed by atoms with Crippen molar-refractivity contribution < 1.29 is 9.53 Å². The molecule has 6 nitrogen and oxygen atoms in total. The van der Waals surface area contributed by atoms with Gasteiger partial charge in [0.2, 0.25) is 5.91 Å². The molecular weight excluding hydrogens is 388 g/mol. The average molecular weight is 410 g/mol. The Morgan fingerprint density at radius 3 is 2.39 bits per heavy atom. The summed E-state index contributed by atoms with van der Waals surface area (Å²) in [6, 6.07) is 21.6. The zero-order valence-corrected chi connectivity index (χ0v) is 17.0. The lowest BCUT2D eigenvalue weighted by Crippen LogP contribution is -2.42.